The predicted molar refractivity (Wildman–Crippen MR) is 67.6 cm³/mol. The van der Waals surface area contributed by atoms with Crippen molar-refractivity contribution in [3.05, 3.63) is 29.8 Å². The molecule has 1 unspecified atom stereocenters. The molecule has 1 atom stereocenters. The van der Waals surface area contributed by atoms with E-state index in [1.165, 1.54) is 5.56 Å². The number of nitrogens with zero attached hydrogens (tertiary/aromatic N) is 1. The molecule has 16 heavy (non-hydrogen) atoms. The fourth-order valence-corrected chi connectivity index (χ4v) is 1.44. The van der Waals surface area contributed by atoms with Gasteiger partial charge < -0.3 is 10.5 Å². The van der Waals surface area contributed by atoms with Gasteiger partial charge in [0.15, 0.2) is 0 Å². The number of rotatable bonds is 5. The van der Waals surface area contributed by atoms with Gasteiger partial charge in [0.1, 0.15) is 5.75 Å². The van der Waals surface area contributed by atoms with E-state index in [9.17, 15) is 0 Å². The number of benzene rings is 1. The zero-order chi connectivity index (χ0) is 12.2. The Morgan fingerprint density at radius 3 is 2.25 bits per heavy atom. The van der Waals surface area contributed by atoms with Crippen LogP contribution in [0.1, 0.15) is 19.4 Å². The van der Waals surface area contributed by atoms with E-state index >= 15 is 0 Å². The van der Waals surface area contributed by atoms with E-state index in [0.29, 0.717) is 6.61 Å². The van der Waals surface area contributed by atoms with Crippen molar-refractivity contribution in [2.75, 3.05) is 20.7 Å². The van der Waals surface area contributed by atoms with Gasteiger partial charge >= 0.3 is 0 Å². The third kappa shape index (κ3) is 3.51. The van der Waals surface area contributed by atoms with Crippen molar-refractivity contribution in [3.63, 3.8) is 0 Å². The zero-order valence-corrected chi connectivity index (χ0v) is 10.7. The van der Waals surface area contributed by atoms with Crippen LogP contribution < -0.4 is 10.5 Å². The minimum absolute atomic E-state index is 0.312. The van der Waals surface area contributed by atoms with Gasteiger partial charge in [-0.3, -0.25) is 4.90 Å². The molecule has 0 bridgehead atoms. The summed E-state index contributed by atoms with van der Waals surface area (Å²) in [6.07, 6.45) is 0.826. The highest BCUT2D eigenvalue weighted by molar-refractivity contribution is 5.28. The Morgan fingerprint density at radius 1 is 1.25 bits per heavy atom. The Hall–Kier alpha value is -1.06. The Bertz CT molecular complexity index is 317. The lowest BCUT2D eigenvalue weighted by atomic mass is 10.0. The standard InChI is InChI=1S/C13H22N2O/c1-5-16-12-8-6-11(7-9-12)10-13(2,14)15(3)4/h6-9H,5,10,14H2,1-4H3. The average molecular weight is 222 g/mol. The quantitative estimate of drug-likeness (QED) is 0.773. The van der Waals surface area contributed by atoms with Gasteiger partial charge in [-0.25, -0.2) is 0 Å². The van der Waals surface area contributed by atoms with Crippen LogP contribution in [0, 0.1) is 0 Å². The topological polar surface area (TPSA) is 38.5 Å². The molecule has 0 aliphatic heterocycles. The highest BCUT2D eigenvalue weighted by Crippen LogP contribution is 2.16. The third-order valence-corrected chi connectivity index (χ3v) is 2.82. The highest BCUT2D eigenvalue weighted by Gasteiger charge is 2.21. The summed E-state index contributed by atoms with van der Waals surface area (Å²) in [5, 5.41) is 0. The molecule has 1 rings (SSSR count). The molecule has 1 aromatic rings. The van der Waals surface area contributed by atoms with Gasteiger partial charge in [-0.1, -0.05) is 12.1 Å². The van der Waals surface area contributed by atoms with Gasteiger partial charge in [-0.15, -0.1) is 0 Å². The molecule has 3 heteroatoms. The van der Waals surface area contributed by atoms with Crippen molar-refractivity contribution in [2.24, 2.45) is 5.73 Å². The van der Waals surface area contributed by atoms with Crippen LogP contribution in [0.5, 0.6) is 5.75 Å². The highest BCUT2D eigenvalue weighted by atomic mass is 16.5. The number of nitrogens with two attached hydrogens (primary N) is 1. The summed E-state index contributed by atoms with van der Waals surface area (Å²) in [5.74, 6) is 0.912. The lowest BCUT2D eigenvalue weighted by molar-refractivity contribution is 0.180. The van der Waals surface area contributed by atoms with E-state index in [-0.39, 0.29) is 5.66 Å². The summed E-state index contributed by atoms with van der Waals surface area (Å²) in [4.78, 5) is 2.03. The van der Waals surface area contributed by atoms with Crippen LogP contribution >= 0.6 is 0 Å². The van der Waals surface area contributed by atoms with E-state index in [2.05, 4.69) is 12.1 Å². The van der Waals surface area contributed by atoms with Crippen molar-refractivity contribution in [1.82, 2.24) is 4.90 Å². The fraction of sp³-hybridized carbons (Fsp3) is 0.538. The predicted octanol–water partition coefficient (Wildman–Crippen LogP) is 1.86. The van der Waals surface area contributed by atoms with Crippen molar-refractivity contribution < 1.29 is 4.74 Å². The number of hydrogen-bond donors (Lipinski definition) is 1. The van der Waals surface area contributed by atoms with E-state index < -0.39 is 0 Å². The van der Waals surface area contributed by atoms with Crippen LogP contribution in [0.15, 0.2) is 24.3 Å². The van der Waals surface area contributed by atoms with Gasteiger partial charge in [0, 0.05) is 6.42 Å². The van der Waals surface area contributed by atoms with Crippen molar-refractivity contribution in [3.8, 4) is 5.75 Å². The zero-order valence-electron chi connectivity index (χ0n) is 10.7. The first-order chi connectivity index (χ1) is 7.45. The number of hydrogen-bond acceptors (Lipinski definition) is 3. The summed E-state index contributed by atoms with van der Waals surface area (Å²) in [5.41, 5.74) is 7.09. The summed E-state index contributed by atoms with van der Waals surface area (Å²) in [6, 6.07) is 8.12. The first-order valence-corrected chi connectivity index (χ1v) is 5.64. The Morgan fingerprint density at radius 2 is 1.81 bits per heavy atom. The van der Waals surface area contributed by atoms with Crippen molar-refractivity contribution in [1.29, 1.82) is 0 Å². The van der Waals surface area contributed by atoms with Gasteiger partial charge in [-0.2, -0.15) is 0 Å². The van der Waals surface area contributed by atoms with Crippen LogP contribution in [-0.2, 0) is 6.42 Å². The molecule has 0 spiro atoms. The molecule has 3 nitrogen and oxygen atoms in total. The maximum Gasteiger partial charge on any atom is 0.119 e. The van der Waals surface area contributed by atoms with E-state index in [0.717, 1.165) is 12.2 Å². The molecular formula is C13H22N2O. The molecule has 0 radical (unpaired) electrons. The molecule has 0 heterocycles. The summed E-state index contributed by atoms with van der Waals surface area (Å²) < 4.78 is 5.40. The lowest BCUT2D eigenvalue weighted by Gasteiger charge is -2.32. The third-order valence-electron chi connectivity index (χ3n) is 2.82. The minimum atomic E-state index is -0.312. The smallest absolute Gasteiger partial charge is 0.119 e. The van der Waals surface area contributed by atoms with E-state index in [1.54, 1.807) is 0 Å². The monoisotopic (exact) mass is 222 g/mol. The average Bonchev–Trinajstić information content (AvgIpc) is 2.21. The molecular weight excluding hydrogens is 200 g/mol. The van der Waals surface area contributed by atoms with Gasteiger partial charge in [0.25, 0.3) is 0 Å². The fourth-order valence-electron chi connectivity index (χ4n) is 1.44. The molecule has 0 fully saturated rings. The number of likely N-dealkylation sites (N-methyl/N-ethyl adjacent to an activating group) is 1. The Balaban J connectivity index is 2.68. The first-order valence-electron chi connectivity index (χ1n) is 5.64. The van der Waals surface area contributed by atoms with Gasteiger partial charge in [-0.05, 0) is 45.6 Å². The molecule has 0 aromatic heterocycles. The van der Waals surface area contributed by atoms with E-state index in [1.807, 2.05) is 45.0 Å². The Kier molecular flexibility index (Phi) is 4.33. The summed E-state index contributed by atoms with van der Waals surface area (Å²) >= 11 is 0. The molecule has 0 amide bonds. The molecule has 90 valence electrons. The van der Waals surface area contributed by atoms with Crippen molar-refractivity contribution >= 4 is 0 Å². The normalized spacial score (nSPS) is 14.9. The van der Waals surface area contributed by atoms with E-state index in [4.69, 9.17) is 10.5 Å². The van der Waals surface area contributed by atoms with Crippen LogP contribution in [-0.4, -0.2) is 31.3 Å². The second kappa shape index (κ2) is 5.32. The molecule has 0 saturated heterocycles. The lowest BCUT2D eigenvalue weighted by Crippen LogP contribution is -2.51. The summed E-state index contributed by atoms with van der Waals surface area (Å²) in [6.45, 7) is 4.71. The maximum atomic E-state index is 6.18. The first kappa shape index (κ1) is 13.0. The molecule has 0 aliphatic carbocycles. The molecule has 0 saturated carbocycles. The van der Waals surface area contributed by atoms with Crippen LogP contribution in [0.4, 0.5) is 0 Å². The Labute approximate surface area is 98.2 Å². The van der Waals surface area contributed by atoms with Crippen molar-refractivity contribution in [2.45, 2.75) is 25.9 Å². The molecule has 0 aliphatic rings. The van der Waals surface area contributed by atoms with Gasteiger partial charge in [0.05, 0.1) is 12.3 Å². The largest absolute Gasteiger partial charge is 0.494 e. The van der Waals surface area contributed by atoms with Crippen LogP contribution in [0.3, 0.4) is 0 Å². The minimum Gasteiger partial charge on any atom is -0.494 e. The summed E-state index contributed by atoms with van der Waals surface area (Å²) in [7, 11) is 3.99. The second-order valence-corrected chi connectivity index (χ2v) is 4.51. The number of ether oxygens (including phenoxy) is 1. The van der Waals surface area contributed by atoms with Gasteiger partial charge in [0.2, 0.25) is 0 Å². The van der Waals surface area contributed by atoms with Crippen LogP contribution in [0.2, 0.25) is 0 Å². The maximum absolute atomic E-state index is 6.18. The molecule has 1 aromatic carbocycles. The molecule has 2 N–H and O–H groups in total. The van der Waals surface area contributed by atoms with Crippen LogP contribution in [0.25, 0.3) is 0 Å². The second-order valence-electron chi connectivity index (χ2n) is 4.51. The SMILES string of the molecule is CCOc1ccc(CC(C)(N)N(C)C)cc1.